The number of aromatic nitrogens is 2. The molecule has 2 aromatic rings. The molecule has 2 aliphatic rings. The Hall–Kier alpha value is -1.81. The van der Waals surface area contributed by atoms with E-state index in [0.29, 0.717) is 13.1 Å². The molecule has 30 heavy (non-hydrogen) atoms. The van der Waals surface area contributed by atoms with Crippen molar-refractivity contribution in [2.45, 2.75) is 44.3 Å². The lowest BCUT2D eigenvalue weighted by Crippen LogP contribution is -2.55. The predicted octanol–water partition coefficient (Wildman–Crippen LogP) is 4.39. The first-order valence-electron chi connectivity index (χ1n) is 9.70. The Balaban J connectivity index is 1.60. The molecule has 162 valence electrons. The first kappa shape index (κ1) is 21.4. The molecule has 2 amide bonds. The maximum Gasteiger partial charge on any atom is 0.420 e. The maximum atomic E-state index is 13.4. The molecule has 0 radical (unpaired) electrons. The summed E-state index contributed by atoms with van der Waals surface area (Å²) in [5, 5.41) is -0.219. The van der Waals surface area contributed by atoms with Crippen molar-refractivity contribution in [1.29, 1.82) is 0 Å². The summed E-state index contributed by atoms with van der Waals surface area (Å²) in [5.74, 6) is -0.801. The predicted molar refractivity (Wildman–Crippen MR) is 107 cm³/mol. The minimum atomic E-state index is -4.67. The van der Waals surface area contributed by atoms with E-state index < -0.39 is 23.3 Å². The molecular formula is C19H19BrClF3N4O2. The normalized spacial score (nSPS) is 19.0. The maximum absolute atomic E-state index is 13.4. The van der Waals surface area contributed by atoms with E-state index in [1.54, 1.807) is 0 Å². The van der Waals surface area contributed by atoms with Crippen LogP contribution in [0.5, 0.6) is 0 Å². The molecule has 0 atom stereocenters. The highest BCUT2D eigenvalue weighted by atomic mass is 79.9. The van der Waals surface area contributed by atoms with Gasteiger partial charge in [-0.15, -0.1) is 0 Å². The van der Waals surface area contributed by atoms with Gasteiger partial charge in [0.05, 0.1) is 5.56 Å². The molecule has 3 heterocycles. The third-order valence-corrected chi connectivity index (χ3v) is 6.49. The lowest BCUT2D eigenvalue weighted by Gasteiger charge is -2.40. The number of fused-ring (bicyclic) bond motifs is 1. The SMILES string of the molecule is O=C(c1nc2c(C(F)(F)F)cc(Br)cn2c1Cl)N1CCN(C2CCCCC2)C(=O)C1. The van der Waals surface area contributed by atoms with Crippen molar-refractivity contribution < 1.29 is 22.8 Å². The molecule has 1 aliphatic heterocycles. The van der Waals surface area contributed by atoms with Gasteiger partial charge in [0.2, 0.25) is 5.91 Å². The molecule has 0 aromatic carbocycles. The van der Waals surface area contributed by atoms with E-state index in [9.17, 15) is 22.8 Å². The lowest BCUT2D eigenvalue weighted by atomic mass is 9.93. The summed E-state index contributed by atoms with van der Waals surface area (Å²) in [6, 6.07) is 1.09. The van der Waals surface area contributed by atoms with Gasteiger partial charge in [0.15, 0.2) is 11.3 Å². The van der Waals surface area contributed by atoms with E-state index in [4.69, 9.17) is 11.6 Å². The van der Waals surface area contributed by atoms with Crippen molar-refractivity contribution in [3.8, 4) is 0 Å². The van der Waals surface area contributed by atoms with Gasteiger partial charge in [-0.1, -0.05) is 30.9 Å². The fourth-order valence-electron chi connectivity index (χ4n) is 4.22. The quantitative estimate of drug-likeness (QED) is 0.606. The summed E-state index contributed by atoms with van der Waals surface area (Å²) < 4.78 is 41.4. The number of halogens is 5. The van der Waals surface area contributed by atoms with E-state index in [-0.39, 0.29) is 33.8 Å². The van der Waals surface area contributed by atoms with E-state index in [1.807, 2.05) is 4.90 Å². The van der Waals surface area contributed by atoms with Crippen molar-refractivity contribution in [1.82, 2.24) is 19.2 Å². The standard InChI is InChI=1S/C19H19BrClF3N4O2/c20-11-8-13(19(22,23)24)17-25-15(16(21)28(17)9-11)18(30)26-6-7-27(14(29)10-26)12-4-2-1-3-5-12/h8-9,12H,1-7,10H2. The summed E-state index contributed by atoms with van der Waals surface area (Å²) in [6.45, 7) is 0.566. The summed E-state index contributed by atoms with van der Waals surface area (Å²) in [5.41, 5.74) is -1.75. The average Bonchev–Trinajstić information content (AvgIpc) is 3.03. The van der Waals surface area contributed by atoms with Gasteiger partial charge in [0.1, 0.15) is 11.7 Å². The second kappa shape index (κ2) is 8.03. The van der Waals surface area contributed by atoms with E-state index >= 15 is 0 Å². The van der Waals surface area contributed by atoms with Crippen LogP contribution in [0.25, 0.3) is 5.65 Å². The van der Waals surface area contributed by atoms with E-state index in [0.717, 1.165) is 36.2 Å². The summed E-state index contributed by atoms with van der Waals surface area (Å²) in [4.78, 5) is 32.6. The number of piperazine rings is 1. The lowest BCUT2D eigenvalue weighted by molar-refractivity contribution is -0.138. The van der Waals surface area contributed by atoms with Crippen LogP contribution in [0.4, 0.5) is 13.2 Å². The van der Waals surface area contributed by atoms with Crippen molar-refractivity contribution in [3.05, 3.63) is 33.1 Å². The van der Waals surface area contributed by atoms with Gasteiger partial charge < -0.3 is 9.80 Å². The molecule has 0 unspecified atom stereocenters. The summed E-state index contributed by atoms with van der Waals surface area (Å²) in [6.07, 6.45) is 1.94. The first-order valence-corrected chi connectivity index (χ1v) is 10.9. The van der Waals surface area contributed by atoms with Crippen LogP contribution in [-0.2, 0) is 11.0 Å². The topological polar surface area (TPSA) is 57.9 Å². The molecule has 2 aromatic heterocycles. The smallest absolute Gasteiger partial charge is 0.336 e. The zero-order chi connectivity index (χ0) is 21.6. The van der Waals surface area contributed by atoms with Gasteiger partial charge in [-0.05, 0) is 34.8 Å². The van der Waals surface area contributed by atoms with Crippen LogP contribution in [0, 0.1) is 0 Å². The molecule has 0 spiro atoms. The highest BCUT2D eigenvalue weighted by Gasteiger charge is 2.37. The van der Waals surface area contributed by atoms with Gasteiger partial charge in [-0.3, -0.25) is 14.0 Å². The third kappa shape index (κ3) is 3.91. The van der Waals surface area contributed by atoms with Crippen LogP contribution in [0.2, 0.25) is 5.15 Å². The Bertz CT molecular complexity index is 1000. The monoisotopic (exact) mass is 506 g/mol. The number of carbonyl (C=O) groups is 2. The Morgan fingerprint density at radius 3 is 2.53 bits per heavy atom. The third-order valence-electron chi connectivity index (χ3n) is 5.70. The van der Waals surface area contributed by atoms with Crippen LogP contribution in [-0.4, -0.2) is 56.7 Å². The number of amides is 2. The van der Waals surface area contributed by atoms with Gasteiger partial charge in [-0.2, -0.15) is 13.2 Å². The Labute approximate surface area is 184 Å². The molecule has 1 saturated carbocycles. The molecule has 0 bridgehead atoms. The molecule has 6 nitrogen and oxygen atoms in total. The average molecular weight is 508 g/mol. The zero-order valence-corrected chi connectivity index (χ0v) is 18.2. The number of pyridine rings is 1. The highest BCUT2D eigenvalue weighted by molar-refractivity contribution is 9.10. The van der Waals surface area contributed by atoms with Crippen LogP contribution in [0.3, 0.4) is 0 Å². The molecule has 4 rings (SSSR count). The Kier molecular flexibility index (Phi) is 5.73. The van der Waals surface area contributed by atoms with Gasteiger partial charge in [0.25, 0.3) is 5.91 Å². The molecule has 11 heteroatoms. The van der Waals surface area contributed by atoms with Crippen molar-refractivity contribution in [3.63, 3.8) is 0 Å². The van der Waals surface area contributed by atoms with Crippen LogP contribution in [0.1, 0.15) is 48.2 Å². The first-order chi connectivity index (χ1) is 14.2. The molecule has 2 fully saturated rings. The zero-order valence-electron chi connectivity index (χ0n) is 15.9. The Morgan fingerprint density at radius 2 is 1.90 bits per heavy atom. The van der Waals surface area contributed by atoms with Gasteiger partial charge in [0, 0.05) is 29.8 Å². The minimum absolute atomic E-state index is 0.130. The number of nitrogens with zero attached hydrogens (tertiary/aromatic N) is 4. The fraction of sp³-hybridized carbons (Fsp3) is 0.526. The molecule has 1 aliphatic carbocycles. The summed E-state index contributed by atoms with van der Waals surface area (Å²) in [7, 11) is 0. The molecule has 1 saturated heterocycles. The minimum Gasteiger partial charge on any atom is -0.336 e. The van der Waals surface area contributed by atoms with E-state index in [2.05, 4.69) is 20.9 Å². The highest BCUT2D eigenvalue weighted by Crippen LogP contribution is 2.36. The van der Waals surface area contributed by atoms with Crippen LogP contribution in [0.15, 0.2) is 16.7 Å². The summed E-state index contributed by atoms with van der Waals surface area (Å²) >= 11 is 9.25. The number of hydrogen-bond donors (Lipinski definition) is 0. The van der Waals surface area contributed by atoms with E-state index in [1.165, 1.54) is 17.5 Å². The molecule has 0 N–H and O–H groups in total. The van der Waals surface area contributed by atoms with Gasteiger partial charge in [-0.25, -0.2) is 4.98 Å². The van der Waals surface area contributed by atoms with Gasteiger partial charge >= 0.3 is 6.18 Å². The number of carbonyl (C=O) groups excluding carboxylic acids is 2. The van der Waals surface area contributed by atoms with Crippen molar-refractivity contribution in [2.24, 2.45) is 0 Å². The molecular weight excluding hydrogens is 489 g/mol. The largest absolute Gasteiger partial charge is 0.420 e. The second-order valence-electron chi connectivity index (χ2n) is 7.62. The second-order valence-corrected chi connectivity index (χ2v) is 8.89. The van der Waals surface area contributed by atoms with Crippen molar-refractivity contribution >= 4 is 45.0 Å². The number of imidazole rings is 1. The van der Waals surface area contributed by atoms with Crippen molar-refractivity contribution in [2.75, 3.05) is 19.6 Å². The number of rotatable bonds is 2. The van der Waals surface area contributed by atoms with Crippen LogP contribution >= 0.6 is 27.5 Å². The Morgan fingerprint density at radius 1 is 1.20 bits per heavy atom. The number of alkyl halides is 3. The van der Waals surface area contributed by atoms with Crippen LogP contribution < -0.4 is 0 Å². The number of hydrogen-bond acceptors (Lipinski definition) is 3. The fourth-order valence-corrected chi connectivity index (χ4v) is 4.90.